The van der Waals surface area contributed by atoms with Gasteiger partial charge in [0.25, 0.3) is 0 Å². The van der Waals surface area contributed by atoms with E-state index in [9.17, 15) is 17.4 Å². The van der Waals surface area contributed by atoms with Gasteiger partial charge in [0.2, 0.25) is 5.04 Å². The molecule has 0 radical (unpaired) electrons. The number of rotatable bonds is 15. The SMILES string of the molecule is C=S(=O)(Cc1ccccc1)O/N=C(\SCCCCCCS/C(C)=N\OS(=O)(=O)c1ccc(OC)cc1)C(=O)OC. The Morgan fingerprint density at radius 3 is 2.08 bits per heavy atom. The molecule has 2 rings (SSSR count). The third kappa shape index (κ3) is 12.7. The van der Waals surface area contributed by atoms with Crippen molar-refractivity contribution in [3.8, 4) is 5.75 Å². The van der Waals surface area contributed by atoms with Crippen molar-refractivity contribution < 1.29 is 35.5 Å². The van der Waals surface area contributed by atoms with Crippen molar-refractivity contribution in [3.63, 3.8) is 0 Å². The number of methoxy groups -OCH3 is 2. The minimum absolute atomic E-state index is 0.00757. The molecule has 0 aliphatic rings. The lowest BCUT2D eigenvalue weighted by Crippen LogP contribution is -2.15. The molecule has 0 heterocycles. The van der Waals surface area contributed by atoms with Gasteiger partial charge in [-0.15, -0.1) is 11.8 Å². The molecule has 14 heteroatoms. The molecule has 0 aromatic heterocycles. The van der Waals surface area contributed by atoms with Crippen LogP contribution in [-0.4, -0.2) is 60.3 Å². The van der Waals surface area contributed by atoms with Crippen molar-refractivity contribution in [2.45, 2.75) is 43.3 Å². The maximum atomic E-state index is 12.6. The molecule has 0 saturated carbocycles. The second-order valence-corrected chi connectivity index (χ2v) is 14.1. The molecule has 0 amide bonds. The van der Waals surface area contributed by atoms with Gasteiger partial charge in [-0.1, -0.05) is 65.2 Å². The van der Waals surface area contributed by atoms with E-state index in [0.29, 0.717) is 16.5 Å². The fraction of sp³-hybridized carbons (Fsp3) is 0.385. The Morgan fingerprint density at radius 2 is 1.48 bits per heavy atom. The van der Waals surface area contributed by atoms with Crippen LogP contribution in [0.1, 0.15) is 38.2 Å². The van der Waals surface area contributed by atoms with Crippen LogP contribution in [0.25, 0.3) is 0 Å². The lowest BCUT2D eigenvalue weighted by Gasteiger charge is -2.08. The normalized spacial score (nSPS) is 13.8. The number of carbonyl (C=O) groups excluding carboxylic acids is 1. The molecule has 220 valence electrons. The Kier molecular flexibility index (Phi) is 14.4. The van der Waals surface area contributed by atoms with Crippen molar-refractivity contribution in [2.24, 2.45) is 10.3 Å². The number of hydrogen-bond donors (Lipinski definition) is 0. The van der Waals surface area contributed by atoms with Crippen molar-refractivity contribution in [2.75, 3.05) is 25.7 Å². The molecule has 10 nitrogen and oxygen atoms in total. The van der Waals surface area contributed by atoms with Gasteiger partial charge in [0.1, 0.15) is 25.5 Å². The third-order valence-corrected chi connectivity index (χ3v) is 9.28. The molecule has 0 aliphatic heterocycles. The molecule has 40 heavy (non-hydrogen) atoms. The minimum atomic E-state index is -4.00. The Hall–Kier alpha value is -2.68. The van der Waals surface area contributed by atoms with E-state index in [1.165, 1.54) is 62.0 Å². The zero-order valence-electron chi connectivity index (χ0n) is 22.6. The highest BCUT2D eigenvalue weighted by atomic mass is 32.2. The Labute approximate surface area is 245 Å². The van der Waals surface area contributed by atoms with Crippen molar-refractivity contribution >= 4 is 65.4 Å². The van der Waals surface area contributed by atoms with Crippen LogP contribution in [-0.2, 0) is 43.8 Å². The quantitative estimate of drug-likeness (QED) is 0.0655. The van der Waals surface area contributed by atoms with Gasteiger partial charge < -0.3 is 13.8 Å². The van der Waals surface area contributed by atoms with Gasteiger partial charge in [-0.2, -0.15) is 8.42 Å². The minimum Gasteiger partial charge on any atom is -0.497 e. The molecular weight excluding hydrogens is 597 g/mol. The predicted octanol–water partition coefficient (Wildman–Crippen LogP) is 5.10. The zero-order valence-corrected chi connectivity index (χ0v) is 25.9. The van der Waals surface area contributed by atoms with Gasteiger partial charge in [-0.05, 0) is 67.0 Å². The number of carbonyl (C=O) groups is 1. The summed E-state index contributed by atoms with van der Waals surface area (Å²) in [7, 11) is -4.28. The molecule has 0 bridgehead atoms. The average molecular weight is 631 g/mol. The lowest BCUT2D eigenvalue weighted by atomic mass is 10.2. The number of esters is 1. The third-order valence-electron chi connectivity index (χ3n) is 5.05. The highest BCUT2D eigenvalue weighted by Gasteiger charge is 2.17. The van der Waals surface area contributed by atoms with Crippen LogP contribution in [0, 0.1) is 0 Å². The van der Waals surface area contributed by atoms with E-state index in [4.69, 9.17) is 18.0 Å². The number of thioether (sulfide) groups is 2. The zero-order chi connectivity index (χ0) is 29.4. The van der Waals surface area contributed by atoms with E-state index in [0.717, 1.165) is 37.0 Å². The van der Waals surface area contributed by atoms with Gasteiger partial charge in [-0.25, -0.2) is 9.00 Å². The van der Waals surface area contributed by atoms with Crippen LogP contribution in [0.4, 0.5) is 0 Å². The summed E-state index contributed by atoms with van der Waals surface area (Å²) in [5.41, 5.74) is 0.788. The molecule has 0 spiro atoms. The number of nitrogens with zero attached hydrogens (tertiary/aromatic N) is 2. The first-order valence-corrected chi connectivity index (χ1v) is 17.4. The average Bonchev–Trinajstić information content (AvgIpc) is 2.94. The van der Waals surface area contributed by atoms with Crippen LogP contribution in [0.2, 0.25) is 0 Å². The van der Waals surface area contributed by atoms with Gasteiger partial charge in [0.05, 0.1) is 20.0 Å². The fourth-order valence-corrected chi connectivity index (χ4v) is 6.42. The first-order chi connectivity index (χ1) is 19.1. The van der Waals surface area contributed by atoms with Crippen molar-refractivity contribution in [3.05, 3.63) is 60.2 Å². The molecule has 2 aromatic carbocycles. The van der Waals surface area contributed by atoms with Crippen molar-refractivity contribution in [1.29, 1.82) is 0 Å². The smallest absolute Gasteiger partial charge is 0.366 e. The second kappa shape index (κ2) is 17.2. The summed E-state index contributed by atoms with van der Waals surface area (Å²) in [6, 6.07) is 15.0. The van der Waals surface area contributed by atoms with E-state index >= 15 is 0 Å². The summed E-state index contributed by atoms with van der Waals surface area (Å²) < 4.78 is 56.8. The van der Waals surface area contributed by atoms with Crippen LogP contribution < -0.4 is 4.74 Å². The van der Waals surface area contributed by atoms with Gasteiger partial charge >= 0.3 is 16.1 Å². The number of oxime groups is 2. The monoisotopic (exact) mass is 630 g/mol. The molecule has 1 unspecified atom stereocenters. The first-order valence-electron chi connectivity index (χ1n) is 12.2. The molecule has 0 saturated heterocycles. The Morgan fingerprint density at radius 1 is 0.850 bits per heavy atom. The lowest BCUT2D eigenvalue weighted by molar-refractivity contribution is -0.132. The van der Waals surface area contributed by atoms with Crippen LogP contribution in [0.3, 0.4) is 0 Å². The Balaban J connectivity index is 1.68. The molecule has 1 atom stereocenters. The summed E-state index contributed by atoms with van der Waals surface area (Å²) in [5, 5.41) is 7.99. The molecule has 2 aromatic rings. The van der Waals surface area contributed by atoms with E-state index < -0.39 is 25.9 Å². The van der Waals surface area contributed by atoms with Crippen LogP contribution in [0.15, 0.2) is 69.8 Å². The van der Waals surface area contributed by atoms with Gasteiger partial charge in [0, 0.05) is 0 Å². The fourth-order valence-electron chi connectivity index (χ4n) is 3.03. The van der Waals surface area contributed by atoms with E-state index in [1.54, 1.807) is 6.92 Å². The maximum absolute atomic E-state index is 12.6. The van der Waals surface area contributed by atoms with Crippen molar-refractivity contribution in [1.82, 2.24) is 0 Å². The summed E-state index contributed by atoms with van der Waals surface area (Å²) in [6.45, 7) is 1.69. The van der Waals surface area contributed by atoms with Crippen LogP contribution in [0.5, 0.6) is 5.75 Å². The molecule has 0 fully saturated rings. The first kappa shape index (κ1) is 33.5. The topological polar surface area (TPSA) is 130 Å². The summed E-state index contributed by atoms with van der Waals surface area (Å²) in [6.07, 6.45) is 3.53. The molecular formula is C26H34N2O8S4. The number of hydrogen-bond acceptors (Lipinski definition) is 12. The summed E-state index contributed by atoms with van der Waals surface area (Å²) in [5.74, 6) is 4.89. The van der Waals surface area contributed by atoms with Crippen LogP contribution >= 0.6 is 23.5 Å². The van der Waals surface area contributed by atoms with E-state index in [1.807, 2.05) is 30.3 Å². The van der Waals surface area contributed by atoms with Gasteiger partial charge in [-0.3, -0.25) is 4.28 Å². The highest BCUT2D eigenvalue weighted by Crippen LogP contribution is 2.19. The van der Waals surface area contributed by atoms with Gasteiger partial charge in [0.15, 0.2) is 0 Å². The number of unbranched alkanes of at least 4 members (excludes halogenated alkanes) is 3. The second-order valence-electron chi connectivity index (χ2n) is 8.26. The van der Waals surface area contributed by atoms with E-state index in [2.05, 4.69) is 16.2 Å². The molecule has 0 N–H and O–H groups in total. The largest absolute Gasteiger partial charge is 0.497 e. The summed E-state index contributed by atoms with van der Waals surface area (Å²) >= 11 is 2.58. The standard InChI is InChI=1S/C26H34N2O8S4/c1-21(27-36-40(31,32)24-16-14-23(33-2)15-17-24)37-18-10-5-6-11-19-38-25(26(29)34-3)28-35-39(4,30)20-22-12-8-7-9-13-22/h7-9,12-17H,4-6,10-11,18-20H2,1-3H3/b27-21-,28-25-. The number of benzene rings is 2. The van der Waals surface area contributed by atoms with E-state index in [-0.39, 0.29) is 15.7 Å². The summed E-state index contributed by atoms with van der Waals surface area (Å²) in [4.78, 5) is 12.0. The molecule has 0 aliphatic carbocycles. The predicted molar refractivity (Wildman–Crippen MR) is 164 cm³/mol. The number of ether oxygens (including phenoxy) is 2. The highest BCUT2D eigenvalue weighted by molar-refractivity contribution is 8.15. The maximum Gasteiger partial charge on any atom is 0.366 e. The Bertz CT molecular complexity index is 1340.